The van der Waals surface area contributed by atoms with E-state index in [0.717, 1.165) is 0 Å². The minimum absolute atomic E-state index is 0.00602. The summed E-state index contributed by atoms with van der Waals surface area (Å²) in [5.74, 6) is 1.59. The highest BCUT2D eigenvalue weighted by Crippen LogP contribution is 2.30. The van der Waals surface area contributed by atoms with Crippen molar-refractivity contribution >= 4 is 38.4 Å². The van der Waals surface area contributed by atoms with Gasteiger partial charge in [-0.05, 0) is 18.6 Å². The molecule has 0 saturated carbocycles. The lowest BCUT2D eigenvalue weighted by atomic mass is 10.2. The van der Waals surface area contributed by atoms with E-state index in [1.165, 1.54) is 0 Å². The monoisotopic (exact) mass is 402 g/mol. The summed E-state index contributed by atoms with van der Waals surface area (Å²) in [5.41, 5.74) is 1.85. The van der Waals surface area contributed by atoms with E-state index in [-0.39, 0.29) is 17.4 Å². The van der Waals surface area contributed by atoms with Gasteiger partial charge in [0.25, 0.3) is 0 Å². The first-order valence-electron chi connectivity index (χ1n) is 8.71. The number of nitrogens with one attached hydrogen (secondary N) is 2. The zero-order chi connectivity index (χ0) is 20.1. The molecule has 0 aliphatic heterocycles. The predicted molar refractivity (Wildman–Crippen MR) is 110 cm³/mol. The maximum atomic E-state index is 12.3. The van der Waals surface area contributed by atoms with Gasteiger partial charge in [-0.2, -0.15) is 0 Å². The van der Waals surface area contributed by atoms with Crippen LogP contribution in [-0.2, 0) is 10.0 Å². The Kier molecular flexibility index (Phi) is 5.84. The number of sulfonamides is 1. The third-order valence-corrected chi connectivity index (χ3v) is 5.36. The molecule has 0 atom stereocenters. The summed E-state index contributed by atoms with van der Waals surface area (Å²) in [4.78, 5) is 8.99. The molecule has 2 aromatic carbocycles. The highest BCUT2D eigenvalue weighted by atomic mass is 32.2. The Morgan fingerprint density at radius 1 is 0.929 bits per heavy atom. The Balaban J connectivity index is 2.07. The van der Waals surface area contributed by atoms with E-state index in [1.807, 2.05) is 18.2 Å². The van der Waals surface area contributed by atoms with Gasteiger partial charge in [0, 0.05) is 23.9 Å². The van der Waals surface area contributed by atoms with E-state index in [2.05, 4.69) is 20.0 Å². The van der Waals surface area contributed by atoms with Crippen LogP contribution in [0.2, 0.25) is 0 Å². The van der Waals surface area contributed by atoms with Gasteiger partial charge in [0.2, 0.25) is 10.0 Å². The lowest BCUT2D eigenvalue weighted by Crippen LogP contribution is -2.18. The van der Waals surface area contributed by atoms with Gasteiger partial charge in [-0.3, -0.25) is 4.72 Å². The van der Waals surface area contributed by atoms with Gasteiger partial charge >= 0.3 is 0 Å². The number of anilines is 3. The van der Waals surface area contributed by atoms with Crippen molar-refractivity contribution in [3.63, 3.8) is 0 Å². The number of fused-ring (bicyclic) bond motifs is 1. The average molecular weight is 402 g/mol. The molecule has 1 aromatic heterocycles. The van der Waals surface area contributed by atoms with Gasteiger partial charge in [0.15, 0.2) is 11.6 Å². The second-order valence-electron chi connectivity index (χ2n) is 6.06. The van der Waals surface area contributed by atoms with E-state index < -0.39 is 10.0 Å². The Morgan fingerprint density at radius 2 is 1.50 bits per heavy atom. The molecule has 3 aromatic rings. The van der Waals surface area contributed by atoms with Crippen LogP contribution in [0, 0.1) is 0 Å². The van der Waals surface area contributed by atoms with E-state index in [1.54, 1.807) is 45.4 Å². The van der Waals surface area contributed by atoms with Gasteiger partial charge in [0.05, 0.1) is 31.0 Å². The molecule has 28 heavy (non-hydrogen) atoms. The summed E-state index contributed by atoms with van der Waals surface area (Å²) in [6.45, 7) is 1.80. The SMILES string of the molecule is CCCS(=O)(=O)Nc1nc2ccccc2nc1Nc1cc(OC)cc(OC)c1. The second kappa shape index (κ2) is 8.30. The van der Waals surface area contributed by atoms with E-state index in [9.17, 15) is 8.42 Å². The molecule has 9 heteroatoms. The molecular weight excluding hydrogens is 380 g/mol. The van der Waals surface area contributed by atoms with Crippen molar-refractivity contribution in [3.05, 3.63) is 42.5 Å². The fourth-order valence-electron chi connectivity index (χ4n) is 2.64. The number of methoxy groups -OCH3 is 2. The van der Waals surface area contributed by atoms with Crippen LogP contribution in [-0.4, -0.2) is 38.4 Å². The largest absolute Gasteiger partial charge is 0.497 e. The maximum absolute atomic E-state index is 12.3. The van der Waals surface area contributed by atoms with Gasteiger partial charge in [0.1, 0.15) is 11.5 Å². The highest BCUT2D eigenvalue weighted by molar-refractivity contribution is 7.92. The molecule has 0 fully saturated rings. The topological polar surface area (TPSA) is 102 Å². The summed E-state index contributed by atoms with van der Waals surface area (Å²) in [6.07, 6.45) is 0.492. The Labute approximate surface area is 164 Å². The van der Waals surface area contributed by atoms with Gasteiger partial charge in [-0.1, -0.05) is 19.1 Å². The predicted octanol–water partition coefficient (Wildman–Crippen LogP) is 3.54. The van der Waals surface area contributed by atoms with Crippen LogP contribution < -0.4 is 19.5 Å². The molecule has 0 radical (unpaired) electrons. The van der Waals surface area contributed by atoms with Crippen LogP contribution in [0.25, 0.3) is 11.0 Å². The number of para-hydroxylation sites is 2. The van der Waals surface area contributed by atoms with E-state index in [0.29, 0.717) is 34.6 Å². The summed E-state index contributed by atoms with van der Waals surface area (Å²) >= 11 is 0. The van der Waals surface area contributed by atoms with Crippen molar-refractivity contribution in [2.45, 2.75) is 13.3 Å². The number of rotatable bonds is 8. The first-order valence-corrected chi connectivity index (χ1v) is 10.4. The number of benzene rings is 2. The first kappa shape index (κ1) is 19.7. The second-order valence-corrected chi connectivity index (χ2v) is 7.90. The molecule has 0 bridgehead atoms. The zero-order valence-electron chi connectivity index (χ0n) is 15.9. The summed E-state index contributed by atoms with van der Waals surface area (Å²) < 4.78 is 37.7. The Morgan fingerprint density at radius 3 is 2.04 bits per heavy atom. The van der Waals surface area contributed by atoms with Crippen molar-refractivity contribution in [2.75, 3.05) is 30.0 Å². The summed E-state index contributed by atoms with van der Waals surface area (Å²) in [6, 6.07) is 12.5. The van der Waals surface area contributed by atoms with Gasteiger partial charge in [-0.15, -0.1) is 0 Å². The van der Waals surface area contributed by atoms with Crippen molar-refractivity contribution in [3.8, 4) is 11.5 Å². The molecule has 0 aliphatic carbocycles. The van der Waals surface area contributed by atoms with Gasteiger partial charge in [-0.25, -0.2) is 18.4 Å². The Hall–Kier alpha value is -3.07. The molecule has 0 saturated heterocycles. The molecule has 2 N–H and O–H groups in total. The lowest BCUT2D eigenvalue weighted by molar-refractivity contribution is 0.395. The van der Waals surface area contributed by atoms with E-state index in [4.69, 9.17) is 9.47 Å². The first-order chi connectivity index (χ1) is 13.4. The third kappa shape index (κ3) is 4.61. The summed E-state index contributed by atoms with van der Waals surface area (Å²) in [5, 5.41) is 3.12. The fraction of sp³-hybridized carbons (Fsp3) is 0.263. The van der Waals surface area contributed by atoms with Crippen LogP contribution in [0.15, 0.2) is 42.5 Å². The molecule has 0 spiro atoms. The minimum Gasteiger partial charge on any atom is -0.497 e. The van der Waals surface area contributed by atoms with Crippen LogP contribution in [0.1, 0.15) is 13.3 Å². The standard InChI is InChI=1S/C19H22N4O4S/c1-4-9-28(24,25)23-19-18(21-16-7-5-6-8-17(16)22-19)20-13-10-14(26-2)12-15(11-13)27-3/h5-8,10-12H,4,9H2,1-3H3,(H,20,21)(H,22,23). The van der Waals surface area contributed by atoms with Crippen LogP contribution in [0.3, 0.4) is 0 Å². The fourth-order valence-corrected chi connectivity index (χ4v) is 3.72. The van der Waals surface area contributed by atoms with E-state index >= 15 is 0 Å². The minimum atomic E-state index is -3.54. The van der Waals surface area contributed by atoms with Crippen LogP contribution in [0.5, 0.6) is 11.5 Å². The number of aromatic nitrogens is 2. The molecule has 3 rings (SSSR count). The molecule has 148 valence electrons. The van der Waals surface area contributed by atoms with Crippen molar-refractivity contribution < 1.29 is 17.9 Å². The molecule has 1 heterocycles. The van der Waals surface area contributed by atoms with Crippen LogP contribution >= 0.6 is 0 Å². The Bertz CT molecular complexity index is 1060. The lowest BCUT2D eigenvalue weighted by Gasteiger charge is -2.15. The van der Waals surface area contributed by atoms with Gasteiger partial charge < -0.3 is 14.8 Å². The maximum Gasteiger partial charge on any atom is 0.233 e. The highest BCUT2D eigenvalue weighted by Gasteiger charge is 2.16. The molecule has 0 amide bonds. The number of nitrogens with zero attached hydrogens (tertiary/aromatic N) is 2. The zero-order valence-corrected chi connectivity index (χ0v) is 16.7. The number of ether oxygens (including phenoxy) is 2. The number of hydrogen-bond acceptors (Lipinski definition) is 7. The molecule has 0 aliphatic rings. The average Bonchev–Trinajstić information content (AvgIpc) is 2.67. The smallest absolute Gasteiger partial charge is 0.233 e. The summed E-state index contributed by atoms with van der Waals surface area (Å²) in [7, 11) is -0.427. The molecular formula is C19H22N4O4S. The van der Waals surface area contributed by atoms with Crippen molar-refractivity contribution in [1.29, 1.82) is 0 Å². The van der Waals surface area contributed by atoms with Crippen LogP contribution in [0.4, 0.5) is 17.3 Å². The normalized spacial score (nSPS) is 11.2. The molecule has 8 nitrogen and oxygen atoms in total. The van der Waals surface area contributed by atoms with Crippen molar-refractivity contribution in [1.82, 2.24) is 9.97 Å². The quantitative estimate of drug-likeness (QED) is 0.594. The number of hydrogen-bond donors (Lipinski definition) is 2. The van der Waals surface area contributed by atoms with Crippen molar-refractivity contribution in [2.24, 2.45) is 0 Å². The third-order valence-electron chi connectivity index (χ3n) is 3.91. The molecule has 0 unspecified atom stereocenters.